The number of carbonyl (C=O) groups is 1. The van der Waals surface area contributed by atoms with E-state index in [4.69, 9.17) is 16.3 Å². The average molecular weight is 199 g/mol. The summed E-state index contributed by atoms with van der Waals surface area (Å²) < 4.78 is 4.76. The number of benzene rings is 1. The fourth-order valence-electron chi connectivity index (χ4n) is 1.15. The van der Waals surface area contributed by atoms with Gasteiger partial charge in [-0.05, 0) is 49.6 Å². The van der Waals surface area contributed by atoms with E-state index in [0.717, 1.165) is 11.1 Å². The normalized spacial score (nSPS) is 9.85. The molecule has 0 unspecified atom stereocenters. The van der Waals surface area contributed by atoms with Crippen LogP contribution in [0.5, 0.6) is 5.75 Å². The predicted octanol–water partition coefficient (Wildman–Crippen LogP) is 3.35. The minimum atomic E-state index is -0.803. The molecule has 13 heavy (non-hydrogen) atoms. The van der Waals surface area contributed by atoms with Crippen LogP contribution < -0.4 is 4.74 Å². The van der Waals surface area contributed by atoms with Crippen LogP contribution in [0.3, 0.4) is 0 Å². The van der Waals surface area contributed by atoms with Crippen molar-refractivity contribution in [3.05, 3.63) is 28.8 Å². The summed E-state index contributed by atoms with van der Waals surface area (Å²) in [5, 5.41) is 0. The molecule has 70 valence electrons. The van der Waals surface area contributed by atoms with Crippen LogP contribution in [0.1, 0.15) is 16.7 Å². The molecule has 0 amide bonds. The second kappa shape index (κ2) is 3.79. The van der Waals surface area contributed by atoms with Crippen molar-refractivity contribution in [1.82, 2.24) is 0 Å². The summed E-state index contributed by atoms with van der Waals surface area (Å²) in [6.45, 7) is 5.96. The van der Waals surface area contributed by atoms with Crippen LogP contribution in [0.2, 0.25) is 0 Å². The molecule has 0 saturated heterocycles. The molecule has 0 bridgehead atoms. The zero-order chi connectivity index (χ0) is 10.0. The van der Waals surface area contributed by atoms with Crippen molar-refractivity contribution in [2.24, 2.45) is 0 Å². The minimum absolute atomic E-state index is 0.501. The first-order valence-corrected chi connectivity index (χ1v) is 4.33. The van der Waals surface area contributed by atoms with Crippen LogP contribution >= 0.6 is 11.6 Å². The lowest BCUT2D eigenvalue weighted by molar-refractivity contribution is 0.225. The smallest absolute Gasteiger partial charge is 0.409 e. The number of ether oxygens (including phenoxy) is 1. The highest BCUT2D eigenvalue weighted by atomic mass is 35.5. The van der Waals surface area contributed by atoms with Crippen LogP contribution in [-0.4, -0.2) is 5.43 Å². The van der Waals surface area contributed by atoms with Crippen molar-refractivity contribution >= 4 is 17.0 Å². The van der Waals surface area contributed by atoms with E-state index < -0.39 is 5.43 Å². The molecule has 0 aliphatic rings. The zero-order valence-electron chi connectivity index (χ0n) is 7.85. The van der Waals surface area contributed by atoms with Gasteiger partial charge in [-0.2, -0.15) is 0 Å². The van der Waals surface area contributed by atoms with Gasteiger partial charge >= 0.3 is 5.43 Å². The van der Waals surface area contributed by atoms with Crippen LogP contribution in [0, 0.1) is 20.8 Å². The Morgan fingerprint density at radius 3 is 2.08 bits per heavy atom. The van der Waals surface area contributed by atoms with Crippen LogP contribution in [0.25, 0.3) is 0 Å². The van der Waals surface area contributed by atoms with Crippen molar-refractivity contribution in [2.45, 2.75) is 20.8 Å². The van der Waals surface area contributed by atoms with Crippen molar-refractivity contribution in [2.75, 3.05) is 0 Å². The summed E-state index contributed by atoms with van der Waals surface area (Å²) in [4.78, 5) is 10.5. The maximum absolute atomic E-state index is 10.5. The van der Waals surface area contributed by atoms with Crippen molar-refractivity contribution in [1.29, 1.82) is 0 Å². The first kappa shape index (κ1) is 10.1. The largest absolute Gasteiger partial charge is 0.414 e. The lowest BCUT2D eigenvalue weighted by atomic mass is 10.0. The SMILES string of the molecule is Cc1cc(OC(=O)Cl)cc(C)c1C. The molecular formula is C10H11ClO2. The molecule has 0 fully saturated rings. The summed E-state index contributed by atoms with van der Waals surface area (Å²) in [7, 11) is 0. The van der Waals surface area contributed by atoms with Crippen LogP contribution in [0.15, 0.2) is 12.1 Å². The van der Waals surface area contributed by atoms with Gasteiger partial charge in [-0.25, -0.2) is 4.79 Å². The molecule has 0 aliphatic carbocycles. The lowest BCUT2D eigenvalue weighted by Gasteiger charge is -2.07. The number of halogens is 1. The first-order chi connectivity index (χ1) is 6.00. The maximum Gasteiger partial charge on any atom is 0.409 e. The summed E-state index contributed by atoms with van der Waals surface area (Å²) in [6.07, 6.45) is 0. The Kier molecular flexibility index (Phi) is 2.94. The van der Waals surface area contributed by atoms with Gasteiger partial charge < -0.3 is 4.74 Å². The molecule has 1 rings (SSSR count). The van der Waals surface area contributed by atoms with Gasteiger partial charge in [0.15, 0.2) is 0 Å². The van der Waals surface area contributed by atoms with E-state index in [2.05, 4.69) is 0 Å². The number of aryl methyl sites for hydroxylation is 2. The summed E-state index contributed by atoms with van der Waals surface area (Å²) in [6, 6.07) is 3.59. The molecule has 0 N–H and O–H groups in total. The van der Waals surface area contributed by atoms with Crippen molar-refractivity contribution in [3.8, 4) is 5.75 Å². The van der Waals surface area contributed by atoms with E-state index >= 15 is 0 Å². The number of rotatable bonds is 1. The van der Waals surface area contributed by atoms with Gasteiger partial charge in [-0.1, -0.05) is 0 Å². The van der Waals surface area contributed by atoms with Gasteiger partial charge in [0.05, 0.1) is 0 Å². The van der Waals surface area contributed by atoms with E-state index in [-0.39, 0.29) is 0 Å². The Morgan fingerprint density at radius 1 is 1.23 bits per heavy atom. The summed E-state index contributed by atoms with van der Waals surface area (Å²) >= 11 is 5.10. The van der Waals surface area contributed by atoms with Gasteiger partial charge in [-0.15, -0.1) is 0 Å². The molecule has 2 nitrogen and oxygen atoms in total. The highest BCUT2D eigenvalue weighted by Gasteiger charge is 2.04. The Bertz CT molecular complexity index is 322. The maximum atomic E-state index is 10.5. The van der Waals surface area contributed by atoms with E-state index in [1.165, 1.54) is 5.56 Å². The third-order valence-corrected chi connectivity index (χ3v) is 2.18. The van der Waals surface area contributed by atoms with E-state index in [0.29, 0.717) is 5.75 Å². The quantitative estimate of drug-likeness (QED) is 0.647. The molecule has 3 heteroatoms. The third-order valence-electron chi connectivity index (χ3n) is 2.10. The zero-order valence-corrected chi connectivity index (χ0v) is 8.61. The van der Waals surface area contributed by atoms with Gasteiger partial charge in [-0.3, -0.25) is 0 Å². The summed E-state index contributed by atoms with van der Waals surface area (Å²) in [5.41, 5.74) is 2.58. The Hall–Kier alpha value is -1.02. The molecule has 0 radical (unpaired) electrons. The lowest BCUT2D eigenvalue weighted by Crippen LogP contribution is -1.98. The van der Waals surface area contributed by atoms with Crippen molar-refractivity contribution in [3.63, 3.8) is 0 Å². The molecule has 0 spiro atoms. The molecule has 1 aromatic carbocycles. The van der Waals surface area contributed by atoms with Gasteiger partial charge in [0.1, 0.15) is 5.75 Å². The van der Waals surface area contributed by atoms with E-state index in [1.807, 2.05) is 20.8 Å². The second-order valence-electron chi connectivity index (χ2n) is 3.02. The number of hydrogen-bond acceptors (Lipinski definition) is 2. The fraction of sp³-hybridized carbons (Fsp3) is 0.300. The Labute approximate surface area is 82.5 Å². The van der Waals surface area contributed by atoms with Gasteiger partial charge in [0.25, 0.3) is 0 Å². The van der Waals surface area contributed by atoms with Crippen LogP contribution in [0.4, 0.5) is 4.79 Å². The monoisotopic (exact) mass is 198 g/mol. The highest BCUT2D eigenvalue weighted by Crippen LogP contribution is 2.21. The molecule has 0 saturated carbocycles. The molecule has 0 heterocycles. The third kappa shape index (κ3) is 2.46. The Morgan fingerprint density at radius 2 is 1.69 bits per heavy atom. The predicted molar refractivity (Wildman–Crippen MR) is 52.5 cm³/mol. The number of carbonyl (C=O) groups excluding carboxylic acids is 1. The minimum Gasteiger partial charge on any atom is -0.414 e. The Balaban J connectivity index is 3.06. The van der Waals surface area contributed by atoms with Gasteiger partial charge in [0, 0.05) is 11.6 Å². The second-order valence-corrected chi connectivity index (χ2v) is 3.33. The summed E-state index contributed by atoms with van der Waals surface area (Å²) in [5.74, 6) is 0.501. The molecular weight excluding hydrogens is 188 g/mol. The van der Waals surface area contributed by atoms with E-state index in [9.17, 15) is 4.79 Å². The fourth-order valence-corrected chi connectivity index (χ4v) is 1.24. The van der Waals surface area contributed by atoms with Gasteiger partial charge in [0.2, 0.25) is 0 Å². The highest BCUT2D eigenvalue weighted by molar-refractivity contribution is 6.61. The molecule has 0 atom stereocenters. The number of hydrogen-bond donors (Lipinski definition) is 0. The molecule has 1 aromatic rings. The average Bonchev–Trinajstić information content (AvgIpc) is 1.98. The van der Waals surface area contributed by atoms with Crippen LogP contribution in [-0.2, 0) is 0 Å². The topological polar surface area (TPSA) is 26.3 Å². The van der Waals surface area contributed by atoms with Crippen molar-refractivity contribution < 1.29 is 9.53 Å². The molecule has 0 aromatic heterocycles. The molecule has 0 aliphatic heterocycles. The van der Waals surface area contributed by atoms with E-state index in [1.54, 1.807) is 12.1 Å². The first-order valence-electron chi connectivity index (χ1n) is 3.96. The standard InChI is InChI=1S/C10H11ClO2/c1-6-4-9(13-10(11)12)5-7(2)8(6)3/h4-5H,1-3H3.